The predicted octanol–water partition coefficient (Wildman–Crippen LogP) is 5.68. The highest BCUT2D eigenvalue weighted by atomic mass is 35.5. The van der Waals surface area contributed by atoms with E-state index in [1.165, 1.54) is 5.56 Å². The second-order valence-electron chi connectivity index (χ2n) is 8.23. The van der Waals surface area contributed by atoms with Gasteiger partial charge in [0.25, 0.3) is 0 Å². The van der Waals surface area contributed by atoms with Gasteiger partial charge in [0.15, 0.2) is 0 Å². The number of methoxy groups -OCH3 is 1. The van der Waals surface area contributed by atoms with Crippen molar-refractivity contribution in [3.8, 4) is 11.5 Å². The molecular weight excluding hydrogens is 420 g/mol. The van der Waals surface area contributed by atoms with Crippen LogP contribution in [0.1, 0.15) is 23.7 Å². The molecule has 4 rings (SSSR count). The van der Waals surface area contributed by atoms with Gasteiger partial charge in [-0.2, -0.15) is 0 Å². The summed E-state index contributed by atoms with van der Waals surface area (Å²) in [5.41, 5.74) is 2.54. The van der Waals surface area contributed by atoms with Crippen molar-refractivity contribution in [3.05, 3.63) is 95.0 Å². The van der Waals surface area contributed by atoms with Crippen LogP contribution in [0.15, 0.2) is 78.9 Å². The highest BCUT2D eigenvalue weighted by molar-refractivity contribution is 6.30. The molecule has 0 aromatic heterocycles. The molecule has 1 heterocycles. The van der Waals surface area contributed by atoms with Gasteiger partial charge in [-0.05, 0) is 47.5 Å². The van der Waals surface area contributed by atoms with Crippen LogP contribution >= 0.6 is 11.6 Å². The Balaban J connectivity index is 1.34. The summed E-state index contributed by atoms with van der Waals surface area (Å²) in [6.07, 6.45) is 0.901. The van der Waals surface area contributed by atoms with Crippen molar-refractivity contribution < 1.29 is 9.47 Å². The normalized spacial score (nSPS) is 15.9. The molecule has 0 aliphatic carbocycles. The monoisotopic (exact) mass is 450 g/mol. The van der Waals surface area contributed by atoms with Gasteiger partial charge in [-0.3, -0.25) is 4.90 Å². The molecule has 0 spiro atoms. The first-order chi connectivity index (χ1) is 15.7. The van der Waals surface area contributed by atoms with E-state index in [-0.39, 0.29) is 6.10 Å². The molecule has 1 aliphatic rings. The first-order valence-corrected chi connectivity index (χ1v) is 11.6. The summed E-state index contributed by atoms with van der Waals surface area (Å²) < 4.78 is 11.7. The van der Waals surface area contributed by atoms with E-state index in [1.807, 2.05) is 36.4 Å². The summed E-state index contributed by atoms with van der Waals surface area (Å²) in [6, 6.07) is 26.5. The van der Waals surface area contributed by atoms with Gasteiger partial charge in [0, 0.05) is 50.7 Å². The van der Waals surface area contributed by atoms with Crippen molar-refractivity contribution in [3.63, 3.8) is 0 Å². The molecule has 3 aromatic carbocycles. The van der Waals surface area contributed by atoms with Gasteiger partial charge in [-0.15, -0.1) is 0 Å². The van der Waals surface area contributed by atoms with Crippen LogP contribution in [0.25, 0.3) is 0 Å². The Morgan fingerprint density at radius 1 is 0.781 bits per heavy atom. The molecule has 1 atom stereocenters. The van der Waals surface area contributed by atoms with Crippen LogP contribution < -0.4 is 9.47 Å². The summed E-state index contributed by atoms with van der Waals surface area (Å²) in [7, 11) is 1.69. The molecule has 0 bridgehead atoms. The second-order valence-corrected chi connectivity index (χ2v) is 8.66. The first kappa shape index (κ1) is 22.7. The number of halogens is 1. The zero-order chi connectivity index (χ0) is 22.2. The van der Waals surface area contributed by atoms with Gasteiger partial charge < -0.3 is 14.4 Å². The van der Waals surface area contributed by atoms with Crippen molar-refractivity contribution in [2.75, 3.05) is 39.8 Å². The number of hydrogen-bond donors (Lipinski definition) is 0. The minimum absolute atomic E-state index is 0.0237. The summed E-state index contributed by atoms with van der Waals surface area (Å²) >= 11 is 6.04. The van der Waals surface area contributed by atoms with Gasteiger partial charge >= 0.3 is 0 Å². The Labute approximate surface area is 196 Å². The first-order valence-electron chi connectivity index (χ1n) is 11.2. The average Bonchev–Trinajstić information content (AvgIpc) is 2.84. The number of rotatable bonds is 9. The number of hydrogen-bond acceptors (Lipinski definition) is 4. The minimum Gasteiger partial charge on any atom is -0.497 e. The Morgan fingerprint density at radius 3 is 2.06 bits per heavy atom. The van der Waals surface area contributed by atoms with Crippen molar-refractivity contribution in [2.45, 2.75) is 19.1 Å². The Kier molecular flexibility index (Phi) is 8.05. The molecule has 0 saturated carbocycles. The second kappa shape index (κ2) is 11.4. The molecule has 1 aliphatic heterocycles. The maximum atomic E-state index is 6.38. The largest absolute Gasteiger partial charge is 0.497 e. The Bertz CT molecular complexity index is 940. The van der Waals surface area contributed by atoms with Crippen molar-refractivity contribution in [2.24, 2.45) is 0 Å². The third-order valence-corrected chi connectivity index (χ3v) is 6.25. The molecule has 4 nitrogen and oxygen atoms in total. The summed E-state index contributed by atoms with van der Waals surface area (Å²) in [5, 5.41) is 0.715. The molecule has 168 valence electrons. The maximum Gasteiger partial charge on any atom is 0.125 e. The van der Waals surface area contributed by atoms with Crippen LogP contribution in [0.5, 0.6) is 11.5 Å². The third-order valence-electron chi connectivity index (χ3n) is 6.00. The minimum atomic E-state index is -0.0237. The van der Waals surface area contributed by atoms with E-state index in [0.29, 0.717) is 5.02 Å². The van der Waals surface area contributed by atoms with Gasteiger partial charge in [0.05, 0.1) is 7.11 Å². The molecular formula is C27H31ClN2O2. The van der Waals surface area contributed by atoms with E-state index in [4.69, 9.17) is 21.1 Å². The van der Waals surface area contributed by atoms with Gasteiger partial charge in [-0.1, -0.05) is 54.1 Å². The lowest BCUT2D eigenvalue weighted by atomic mass is 10.1. The highest BCUT2D eigenvalue weighted by Gasteiger charge is 2.20. The van der Waals surface area contributed by atoms with Gasteiger partial charge in [-0.25, -0.2) is 0 Å². The quantitative estimate of drug-likeness (QED) is 0.419. The fourth-order valence-electron chi connectivity index (χ4n) is 4.10. The lowest BCUT2D eigenvalue weighted by molar-refractivity contribution is 0.107. The smallest absolute Gasteiger partial charge is 0.125 e. The molecule has 0 amide bonds. The molecule has 1 unspecified atom stereocenters. The van der Waals surface area contributed by atoms with Crippen LogP contribution in [-0.4, -0.2) is 49.6 Å². The maximum absolute atomic E-state index is 6.38. The lowest BCUT2D eigenvalue weighted by Crippen LogP contribution is -2.46. The number of ether oxygens (including phenoxy) is 2. The molecule has 1 fully saturated rings. The lowest BCUT2D eigenvalue weighted by Gasteiger charge is -2.35. The van der Waals surface area contributed by atoms with E-state index in [2.05, 4.69) is 52.3 Å². The fraction of sp³-hybridized carbons (Fsp3) is 0.333. The molecule has 32 heavy (non-hydrogen) atoms. The van der Waals surface area contributed by atoms with Crippen LogP contribution in [0.4, 0.5) is 0 Å². The Hall–Kier alpha value is -2.53. The van der Waals surface area contributed by atoms with Crippen LogP contribution in [0, 0.1) is 0 Å². The van der Waals surface area contributed by atoms with Crippen LogP contribution in [0.2, 0.25) is 5.02 Å². The zero-order valence-electron chi connectivity index (χ0n) is 18.6. The van der Waals surface area contributed by atoms with Crippen molar-refractivity contribution in [1.82, 2.24) is 9.80 Å². The van der Waals surface area contributed by atoms with E-state index >= 15 is 0 Å². The fourth-order valence-corrected chi connectivity index (χ4v) is 4.23. The predicted molar refractivity (Wildman–Crippen MR) is 131 cm³/mol. The highest BCUT2D eigenvalue weighted by Crippen LogP contribution is 2.28. The van der Waals surface area contributed by atoms with Crippen molar-refractivity contribution >= 4 is 11.6 Å². The van der Waals surface area contributed by atoms with E-state index in [1.54, 1.807) is 7.11 Å². The van der Waals surface area contributed by atoms with Crippen LogP contribution in [-0.2, 0) is 6.54 Å². The van der Waals surface area contributed by atoms with E-state index in [9.17, 15) is 0 Å². The molecule has 5 heteroatoms. The van der Waals surface area contributed by atoms with Gasteiger partial charge in [0.1, 0.15) is 17.6 Å². The number of nitrogens with zero attached hydrogens (tertiary/aromatic N) is 2. The van der Waals surface area contributed by atoms with Gasteiger partial charge in [0.2, 0.25) is 0 Å². The topological polar surface area (TPSA) is 24.9 Å². The third kappa shape index (κ3) is 6.49. The molecule has 3 aromatic rings. The standard InChI is InChI=1S/C27H31ClN2O2/c1-31-25-11-7-23(8-12-25)27(32-26-13-9-24(28)10-14-26)15-16-29-17-19-30(20-18-29)21-22-5-3-2-4-6-22/h2-14,27H,15-21H2,1H3. The van der Waals surface area contributed by atoms with E-state index in [0.717, 1.165) is 62.8 Å². The summed E-state index contributed by atoms with van der Waals surface area (Å²) in [5.74, 6) is 1.69. The molecule has 0 radical (unpaired) electrons. The number of benzene rings is 3. The zero-order valence-corrected chi connectivity index (χ0v) is 19.4. The van der Waals surface area contributed by atoms with E-state index < -0.39 is 0 Å². The molecule has 1 saturated heterocycles. The summed E-state index contributed by atoms with van der Waals surface area (Å²) in [4.78, 5) is 5.08. The summed E-state index contributed by atoms with van der Waals surface area (Å²) in [6.45, 7) is 6.40. The average molecular weight is 451 g/mol. The SMILES string of the molecule is COc1ccc(C(CCN2CCN(Cc3ccccc3)CC2)Oc2ccc(Cl)cc2)cc1. The van der Waals surface area contributed by atoms with Crippen molar-refractivity contribution in [1.29, 1.82) is 0 Å². The number of piperazine rings is 1. The van der Waals surface area contributed by atoms with Crippen LogP contribution in [0.3, 0.4) is 0 Å². The molecule has 0 N–H and O–H groups in total. The Morgan fingerprint density at radius 2 is 1.41 bits per heavy atom.